The summed E-state index contributed by atoms with van der Waals surface area (Å²) in [5.41, 5.74) is 22.0. The van der Waals surface area contributed by atoms with Gasteiger partial charge in [0.15, 0.2) is 0 Å². The molecule has 9 aromatic carbocycles. The number of nitrogens with zero attached hydrogens (tertiary/aromatic N) is 1. The zero-order chi connectivity index (χ0) is 37.6. The lowest BCUT2D eigenvalue weighted by Gasteiger charge is -2.25. The molecule has 0 aliphatic heterocycles. The van der Waals surface area contributed by atoms with Crippen LogP contribution in [0.2, 0.25) is 0 Å². The van der Waals surface area contributed by atoms with Gasteiger partial charge in [-0.2, -0.15) is 0 Å². The van der Waals surface area contributed by atoms with Gasteiger partial charge in [-0.25, -0.2) is 0 Å². The smallest absolute Gasteiger partial charge is 0.136 e. The van der Waals surface area contributed by atoms with E-state index in [4.69, 9.17) is 8.83 Å². The summed E-state index contributed by atoms with van der Waals surface area (Å²) in [5, 5.41) is 6.95. The SMILES string of the molecule is c1ccc(-n2c3ccccc3c3cc4c(cc32)-c2cc3c(cc2-c2cc5oc6ccccc6c5cc2-c2cc5c(cc2-4)-c2ccccc2C5)oc2ccccc23)cc1. The van der Waals surface area contributed by atoms with Gasteiger partial charge in [-0.1, -0.05) is 97.1 Å². The third-order valence-corrected chi connectivity index (χ3v) is 13.0. The summed E-state index contributed by atoms with van der Waals surface area (Å²) in [6, 6.07) is 64.6. The summed E-state index contributed by atoms with van der Waals surface area (Å²) >= 11 is 0. The first kappa shape index (κ1) is 30.6. The van der Waals surface area contributed by atoms with Crippen LogP contribution in [0, 0.1) is 0 Å². The Morgan fingerprint density at radius 3 is 1.52 bits per heavy atom. The number of furan rings is 2. The highest BCUT2D eigenvalue weighted by Gasteiger charge is 2.30. The van der Waals surface area contributed by atoms with E-state index < -0.39 is 0 Å². The zero-order valence-electron chi connectivity index (χ0n) is 31.2. The van der Waals surface area contributed by atoms with E-state index >= 15 is 0 Å². The van der Waals surface area contributed by atoms with Crippen LogP contribution >= 0.6 is 0 Å². The molecule has 0 saturated heterocycles. The molecule has 3 aromatic heterocycles. The molecule has 3 heterocycles. The van der Waals surface area contributed by atoms with Gasteiger partial charge in [0.2, 0.25) is 0 Å². The number of para-hydroxylation sites is 4. The van der Waals surface area contributed by atoms with Gasteiger partial charge in [-0.15, -0.1) is 0 Å². The molecule has 58 heavy (non-hydrogen) atoms. The van der Waals surface area contributed by atoms with Crippen LogP contribution in [0.25, 0.3) is 127 Å². The number of rotatable bonds is 1. The number of hydrogen-bond acceptors (Lipinski definition) is 2. The Morgan fingerprint density at radius 2 is 0.810 bits per heavy atom. The van der Waals surface area contributed by atoms with E-state index in [1.807, 2.05) is 0 Å². The Kier molecular flexibility index (Phi) is 5.81. The Morgan fingerprint density at radius 1 is 0.293 bits per heavy atom. The molecule has 0 unspecified atom stereocenters. The second-order valence-electron chi connectivity index (χ2n) is 16.0. The predicted molar refractivity (Wildman–Crippen MR) is 239 cm³/mol. The maximum absolute atomic E-state index is 6.65. The van der Waals surface area contributed by atoms with E-state index in [9.17, 15) is 0 Å². The minimum absolute atomic E-state index is 0.877. The predicted octanol–water partition coefficient (Wildman–Crippen LogP) is 15.1. The van der Waals surface area contributed by atoms with Crippen LogP contribution in [0.4, 0.5) is 0 Å². The second kappa shape index (κ2) is 11.0. The van der Waals surface area contributed by atoms with Crippen molar-refractivity contribution in [2.45, 2.75) is 6.42 Å². The van der Waals surface area contributed by atoms with Gasteiger partial charge in [0.1, 0.15) is 22.3 Å². The monoisotopic (exact) mass is 737 g/mol. The molecule has 14 rings (SSSR count). The molecular formula is C55H31NO2. The van der Waals surface area contributed by atoms with Crippen LogP contribution in [-0.2, 0) is 6.42 Å². The maximum atomic E-state index is 6.65. The van der Waals surface area contributed by atoms with Crippen molar-refractivity contribution >= 4 is 65.7 Å². The highest BCUT2D eigenvalue weighted by atomic mass is 16.3. The molecule has 0 bridgehead atoms. The molecular weight excluding hydrogens is 707 g/mol. The van der Waals surface area contributed by atoms with Crippen molar-refractivity contribution in [2.75, 3.05) is 0 Å². The fourth-order valence-corrected chi connectivity index (χ4v) is 10.4. The average Bonchev–Trinajstić information content (AvgIpc) is 4.02. The Balaban J connectivity index is 1.20. The van der Waals surface area contributed by atoms with Crippen LogP contribution in [0.1, 0.15) is 11.1 Å². The average molecular weight is 738 g/mol. The highest BCUT2D eigenvalue weighted by Crippen LogP contribution is 2.54. The molecule has 0 spiro atoms. The topological polar surface area (TPSA) is 31.2 Å². The molecule has 2 aliphatic carbocycles. The molecule has 0 saturated carbocycles. The lowest BCUT2D eigenvalue weighted by atomic mass is 9.78. The number of fused-ring (bicyclic) bond motifs is 20. The van der Waals surface area contributed by atoms with Crippen molar-refractivity contribution in [1.82, 2.24) is 4.57 Å². The summed E-state index contributed by atoms with van der Waals surface area (Å²) in [4.78, 5) is 0. The van der Waals surface area contributed by atoms with Crippen molar-refractivity contribution in [3.8, 4) is 61.3 Å². The molecule has 0 atom stereocenters. The highest BCUT2D eigenvalue weighted by molar-refractivity contribution is 6.19. The Hall–Kier alpha value is -7.62. The molecule has 0 amide bonds. The van der Waals surface area contributed by atoms with Gasteiger partial charge in [0.05, 0.1) is 11.0 Å². The number of hydrogen-bond donors (Lipinski definition) is 0. The first-order chi connectivity index (χ1) is 28.7. The Labute approximate surface area is 332 Å². The largest absolute Gasteiger partial charge is 0.456 e. The van der Waals surface area contributed by atoms with E-state index in [0.29, 0.717) is 0 Å². The van der Waals surface area contributed by atoms with E-state index in [-0.39, 0.29) is 0 Å². The lowest BCUT2D eigenvalue weighted by Crippen LogP contribution is -2.00. The second-order valence-corrected chi connectivity index (χ2v) is 16.0. The van der Waals surface area contributed by atoms with Crippen LogP contribution in [0.15, 0.2) is 185 Å². The summed E-state index contributed by atoms with van der Waals surface area (Å²) < 4.78 is 15.7. The van der Waals surface area contributed by atoms with Gasteiger partial charge in [-0.05, 0) is 152 Å². The Bertz CT molecular complexity index is 3760. The van der Waals surface area contributed by atoms with Crippen molar-refractivity contribution in [1.29, 1.82) is 0 Å². The first-order valence-electron chi connectivity index (χ1n) is 20.0. The van der Waals surface area contributed by atoms with E-state index in [0.717, 1.165) is 67.1 Å². The summed E-state index contributed by atoms with van der Waals surface area (Å²) in [7, 11) is 0. The first-order valence-corrected chi connectivity index (χ1v) is 20.0. The van der Waals surface area contributed by atoms with Crippen molar-refractivity contribution in [2.24, 2.45) is 0 Å². The van der Waals surface area contributed by atoms with Crippen LogP contribution in [-0.4, -0.2) is 4.57 Å². The molecule has 3 heteroatoms. The van der Waals surface area contributed by atoms with Gasteiger partial charge < -0.3 is 13.4 Å². The lowest BCUT2D eigenvalue weighted by molar-refractivity contribution is 0.668. The van der Waals surface area contributed by atoms with Crippen LogP contribution < -0.4 is 0 Å². The van der Waals surface area contributed by atoms with Crippen LogP contribution in [0.3, 0.4) is 0 Å². The fourth-order valence-electron chi connectivity index (χ4n) is 10.4. The normalized spacial score (nSPS) is 12.8. The molecule has 3 nitrogen and oxygen atoms in total. The van der Waals surface area contributed by atoms with E-state index in [1.54, 1.807) is 0 Å². The number of benzene rings is 9. The molecule has 12 aromatic rings. The van der Waals surface area contributed by atoms with Gasteiger partial charge in [0, 0.05) is 38.0 Å². The molecule has 0 radical (unpaired) electrons. The summed E-state index contributed by atoms with van der Waals surface area (Å²) in [5.74, 6) is 0. The van der Waals surface area contributed by atoms with Gasteiger partial charge >= 0.3 is 0 Å². The zero-order valence-corrected chi connectivity index (χ0v) is 31.2. The minimum Gasteiger partial charge on any atom is -0.456 e. The third kappa shape index (κ3) is 4.02. The summed E-state index contributed by atoms with van der Waals surface area (Å²) in [6.45, 7) is 0. The quantitative estimate of drug-likeness (QED) is 0.168. The van der Waals surface area contributed by atoms with Crippen LogP contribution in [0.5, 0.6) is 0 Å². The minimum atomic E-state index is 0.877. The molecule has 0 N–H and O–H groups in total. The van der Waals surface area contributed by atoms with Crippen molar-refractivity contribution in [3.63, 3.8) is 0 Å². The number of aromatic nitrogens is 1. The molecule has 0 fully saturated rings. The summed E-state index contributed by atoms with van der Waals surface area (Å²) in [6.07, 6.45) is 0.914. The van der Waals surface area contributed by atoms with E-state index in [1.165, 1.54) is 77.4 Å². The maximum Gasteiger partial charge on any atom is 0.136 e. The van der Waals surface area contributed by atoms with E-state index in [2.05, 4.69) is 180 Å². The molecule has 2 aliphatic rings. The third-order valence-electron chi connectivity index (χ3n) is 13.0. The van der Waals surface area contributed by atoms with Gasteiger partial charge in [-0.3, -0.25) is 0 Å². The fraction of sp³-hybridized carbons (Fsp3) is 0.0182. The van der Waals surface area contributed by atoms with Crippen molar-refractivity contribution in [3.05, 3.63) is 187 Å². The van der Waals surface area contributed by atoms with Gasteiger partial charge in [0.25, 0.3) is 0 Å². The standard InChI is InChI=1S/C55H31NO2/c1-2-13-33(14-3-1)56-50-19-9-6-16-35(50)47-25-41-40-24-38-32(22-31-12-4-5-15-34(31)38)23-39(40)42-26-48-36-17-7-10-20-52(36)57-54(48)29-45(42)46-30-55-49(27-43(46)44(41)28-51(47)56)37-18-8-11-21-53(37)58-55/h1-21,23-30H,22H2. The molecule has 268 valence electrons. The van der Waals surface area contributed by atoms with Crippen molar-refractivity contribution < 1.29 is 8.83 Å².